The van der Waals surface area contributed by atoms with Crippen molar-refractivity contribution in [2.75, 3.05) is 33.4 Å². The topological polar surface area (TPSA) is 37.6 Å². The summed E-state index contributed by atoms with van der Waals surface area (Å²) >= 11 is 0. The summed E-state index contributed by atoms with van der Waals surface area (Å²) in [6.45, 7) is 7.81. The van der Waals surface area contributed by atoms with Crippen molar-refractivity contribution in [3.8, 4) is 0 Å². The van der Waals surface area contributed by atoms with E-state index < -0.39 is 0 Å². The van der Waals surface area contributed by atoms with Crippen molar-refractivity contribution < 1.29 is 9.15 Å². The van der Waals surface area contributed by atoms with Gasteiger partial charge in [0.15, 0.2) is 0 Å². The molecule has 1 aromatic heterocycles. The highest BCUT2D eigenvalue weighted by Gasteiger charge is 2.17. The zero-order valence-corrected chi connectivity index (χ0v) is 12.2. The predicted octanol–water partition coefficient (Wildman–Crippen LogP) is 2.25. The molecule has 1 aromatic rings. The molecular weight excluding hydrogens is 240 g/mol. The third kappa shape index (κ3) is 4.64. The Morgan fingerprint density at radius 2 is 2.37 bits per heavy atom. The first-order valence-electron chi connectivity index (χ1n) is 7.31. The van der Waals surface area contributed by atoms with Crippen LogP contribution in [0.2, 0.25) is 0 Å². The van der Waals surface area contributed by atoms with Crippen molar-refractivity contribution in [3.05, 3.63) is 23.7 Å². The molecule has 1 saturated heterocycles. The number of nitrogens with zero attached hydrogens (tertiary/aromatic N) is 1. The van der Waals surface area contributed by atoms with Gasteiger partial charge in [-0.15, -0.1) is 0 Å². The number of rotatable bonds is 7. The smallest absolute Gasteiger partial charge is 0.122 e. The van der Waals surface area contributed by atoms with E-state index in [-0.39, 0.29) is 0 Å². The van der Waals surface area contributed by atoms with Gasteiger partial charge in [0, 0.05) is 25.3 Å². The Labute approximate surface area is 116 Å². The summed E-state index contributed by atoms with van der Waals surface area (Å²) in [5.74, 6) is 1.76. The zero-order valence-electron chi connectivity index (χ0n) is 12.2. The van der Waals surface area contributed by atoms with Gasteiger partial charge < -0.3 is 14.5 Å². The molecule has 1 unspecified atom stereocenters. The van der Waals surface area contributed by atoms with Crippen molar-refractivity contribution in [1.82, 2.24) is 10.2 Å². The van der Waals surface area contributed by atoms with E-state index in [1.807, 2.05) is 0 Å². The minimum absolute atomic E-state index is 0.672. The van der Waals surface area contributed by atoms with Crippen LogP contribution < -0.4 is 5.32 Å². The van der Waals surface area contributed by atoms with Crippen LogP contribution >= 0.6 is 0 Å². The molecule has 1 N–H and O–H groups in total. The van der Waals surface area contributed by atoms with Gasteiger partial charge in [-0.3, -0.25) is 4.90 Å². The molecule has 1 aliphatic heterocycles. The van der Waals surface area contributed by atoms with E-state index >= 15 is 0 Å². The summed E-state index contributed by atoms with van der Waals surface area (Å²) in [7, 11) is 2.16. The SMILES string of the molecule is CCNCc1ccoc1CN(C)CC1CCCOC1. The summed E-state index contributed by atoms with van der Waals surface area (Å²) in [5, 5.41) is 3.35. The van der Waals surface area contributed by atoms with Crippen molar-refractivity contribution >= 4 is 0 Å². The van der Waals surface area contributed by atoms with Crippen LogP contribution in [0.5, 0.6) is 0 Å². The van der Waals surface area contributed by atoms with Gasteiger partial charge in [-0.25, -0.2) is 0 Å². The van der Waals surface area contributed by atoms with E-state index in [0.717, 1.165) is 45.2 Å². The van der Waals surface area contributed by atoms with Gasteiger partial charge in [0.1, 0.15) is 5.76 Å². The fraction of sp³-hybridized carbons (Fsp3) is 0.733. The zero-order chi connectivity index (χ0) is 13.5. The van der Waals surface area contributed by atoms with Gasteiger partial charge in [-0.2, -0.15) is 0 Å². The average Bonchev–Trinajstić information content (AvgIpc) is 2.84. The minimum atomic E-state index is 0.672. The van der Waals surface area contributed by atoms with Gasteiger partial charge in [0.05, 0.1) is 19.4 Å². The Morgan fingerprint density at radius 1 is 1.47 bits per heavy atom. The third-order valence-electron chi connectivity index (χ3n) is 3.64. The number of ether oxygens (including phenoxy) is 1. The van der Waals surface area contributed by atoms with Gasteiger partial charge >= 0.3 is 0 Å². The first-order valence-corrected chi connectivity index (χ1v) is 7.31. The van der Waals surface area contributed by atoms with Crippen molar-refractivity contribution in [2.45, 2.75) is 32.9 Å². The number of furan rings is 1. The molecule has 2 rings (SSSR count). The summed E-state index contributed by atoms with van der Waals surface area (Å²) in [4.78, 5) is 2.34. The molecular formula is C15H26N2O2. The van der Waals surface area contributed by atoms with E-state index in [9.17, 15) is 0 Å². The fourth-order valence-corrected chi connectivity index (χ4v) is 2.62. The maximum atomic E-state index is 5.61. The molecule has 1 fully saturated rings. The Balaban J connectivity index is 1.80. The van der Waals surface area contributed by atoms with Gasteiger partial charge in [0.25, 0.3) is 0 Å². The van der Waals surface area contributed by atoms with Crippen LogP contribution in [0.25, 0.3) is 0 Å². The lowest BCUT2D eigenvalue weighted by Crippen LogP contribution is -2.30. The van der Waals surface area contributed by atoms with Crippen LogP contribution in [-0.4, -0.2) is 38.3 Å². The highest BCUT2D eigenvalue weighted by atomic mass is 16.5. The Morgan fingerprint density at radius 3 is 3.11 bits per heavy atom. The molecule has 1 aliphatic rings. The normalized spacial score (nSPS) is 20.1. The summed E-state index contributed by atoms with van der Waals surface area (Å²) < 4.78 is 11.1. The van der Waals surface area contributed by atoms with Crippen molar-refractivity contribution in [3.63, 3.8) is 0 Å². The first-order chi connectivity index (χ1) is 9.29. The molecule has 4 heteroatoms. The van der Waals surface area contributed by atoms with Crippen molar-refractivity contribution in [1.29, 1.82) is 0 Å². The highest BCUT2D eigenvalue weighted by molar-refractivity contribution is 5.16. The third-order valence-corrected chi connectivity index (χ3v) is 3.64. The molecule has 0 aliphatic carbocycles. The lowest BCUT2D eigenvalue weighted by atomic mass is 10.0. The van der Waals surface area contributed by atoms with Crippen molar-refractivity contribution in [2.24, 2.45) is 5.92 Å². The number of nitrogens with one attached hydrogen (secondary N) is 1. The molecule has 4 nitrogen and oxygen atoms in total. The molecule has 0 amide bonds. The average molecular weight is 266 g/mol. The monoisotopic (exact) mass is 266 g/mol. The lowest BCUT2D eigenvalue weighted by molar-refractivity contribution is 0.0403. The van der Waals surface area contributed by atoms with Crippen LogP contribution in [-0.2, 0) is 17.8 Å². The quantitative estimate of drug-likeness (QED) is 0.821. The molecule has 2 heterocycles. The molecule has 19 heavy (non-hydrogen) atoms. The fourth-order valence-electron chi connectivity index (χ4n) is 2.62. The second-order valence-corrected chi connectivity index (χ2v) is 5.43. The molecule has 0 saturated carbocycles. The van der Waals surface area contributed by atoms with Crippen LogP contribution in [0, 0.1) is 5.92 Å². The summed E-state index contributed by atoms with van der Waals surface area (Å²) in [6, 6.07) is 2.07. The minimum Gasteiger partial charge on any atom is -0.468 e. The first kappa shape index (κ1) is 14.6. The lowest BCUT2D eigenvalue weighted by Gasteiger charge is -2.26. The molecule has 0 spiro atoms. The summed E-state index contributed by atoms with van der Waals surface area (Å²) in [6.07, 6.45) is 4.28. The van der Waals surface area contributed by atoms with Crippen LogP contribution in [0.1, 0.15) is 31.1 Å². The van der Waals surface area contributed by atoms with E-state index in [0.29, 0.717) is 5.92 Å². The molecule has 108 valence electrons. The number of hydrogen-bond acceptors (Lipinski definition) is 4. The summed E-state index contributed by atoms with van der Waals surface area (Å²) in [5.41, 5.74) is 1.27. The molecule has 1 atom stereocenters. The van der Waals surface area contributed by atoms with Gasteiger partial charge in [-0.1, -0.05) is 6.92 Å². The van der Waals surface area contributed by atoms with Gasteiger partial charge in [-0.05, 0) is 38.4 Å². The largest absolute Gasteiger partial charge is 0.468 e. The van der Waals surface area contributed by atoms with E-state index in [1.165, 1.54) is 18.4 Å². The van der Waals surface area contributed by atoms with Crippen LogP contribution in [0.4, 0.5) is 0 Å². The van der Waals surface area contributed by atoms with Gasteiger partial charge in [0.2, 0.25) is 0 Å². The second-order valence-electron chi connectivity index (χ2n) is 5.43. The maximum absolute atomic E-state index is 5.61. The van der Waals surface area contributed by atoms with Crippen LogP contribution in [0.15, 0.2) is 16.7 Å². The number of hydrogen-bond donors (Lipinski definition) is 1. The maximum Gasteiger partial charge on any atom is 0.122 e. The van der Waals surface area contributed by atoms with E-state index in [4.69, 9.17) is 9.15 Å². The predicted molar refractivity (Wildman–Crippen MR) is 76.0 cm³/mol. The van der Waals surface area contributed by atoms with E-state index in [2.05, 4.69) is 30.3 Å². The standard InChI is InChI=1S/C15H26N2O2/c1-3-16-9-14-6-8-19-15(14)11-17(2)10-13-5-4-7-18-12-13/h6,8,13,16H,3-5,7,9-12H2,1-2H3. The molecule has 0 bridgehead atoms. The molecule has 0 aromatic carbocycles. The molecule has 0 radical (unpaired) electrons. The Bertz CT molecular complexity index is 359. The Hall–Kier alpha value is -0.840. The van der Waals surface area contributed by atoms with Crippen LogP contribution in [0.3, 0.4) is 0 Å². The Kier molecular flexibility index (Phi) is 5.89. The van der Waals surface area contributed by atoms with E-state index in [1.54, 1.807) is 6.26 Å². The highest BCUT2D eigenvalue weighted by Crippen LogP contribution is 2.17. The second kappa shape index (κ2) is 7.68.